The molecule has 3 aliphatic rings. The first-order valence-electron chi connectivity index (χ1n) is 14.6. The predicted octanol–water partition coefficient (Wildman–Crippen LogP) is 6.89. The van der Waals surface area contributed by atoms with E-state index in [9.17, 15) is 4.79 Å². The molecule has 5 heteroatoms. The van der Waals surface area contributed by atoms with Crippen molar-refractivity contribution >= 4 is 13.0 Å². The molecule has 1 aliphatic carbocycles. The Labute approximate surface area is 223 Å². The third kappa shape index (κ3) is 5.26. The van der Waals surface area contributed by atoms with Crippen molar-refractivity contribution < 1.29 is 13.9 Å². The van der Waals surface area contributed by atoms with Crippen molar-refractivity contribution in [3.05, 3.63) is 50.8 Å². The standard InChI is InChI=1S/C32H42BFNO2/c1-5-33-30(36)17-27-20(2)24-13-14-35(18-23-10-7-6-8-11-23)19-28(24)22(4)31(27)26-16-29(34)32-25(21(26)3)12-9-15-37-32/h16,23H,5-15,17-19H2,1-4H3. The molecule has 2 aliphatic heterocycles. The number of nitrogens with zero attached hydrogens (tertiary/aromatic N) is 1. The summed E-state index contributed by atoms with van der Waals surface area (Å²) in [6, 6.07) is 1.67. The number of halogens is 1. The number of rotatable bonds is 7. The number of carbonyl (C=O) groups excluding carboxylic acids is 1. The minimum atomic E-state index is -0.276. The molecule has 2 heterocycles. The summed E-state index contributed by atoms with van der Waals surface area (Å²) < 4.78 is 21.1. The van der Waals surface area contributed by atoms with E-state index in [1.54, 1.807) is 13.3 Å². The summed E-state index contributed by atoms with van der Waals surface area (Å²) in [4.78, 5) is 15.6. The molecule has 2 aromatic rings. The Hall–Kier alpha value is -2.14. The minimum absolute atomic E-state index is 0.153. The number of ether oxygens (including phenoxy) is 1. The summed E-state index contributed by atoms with van der Waals surface area (Å²) >= 11 is 0. The van der Waals surface area contributed by atoms with E-state index in [4.69, 9.17) is 4.74 Å². The number of hydrogen-bond donors (Lipinski definition) is 0. The van der Waals surface area contributed by atoms with Crippen LogP contribution in [0.15, 0.2) is 6.07 Å². The van der Waals surface area contributed by atoms with Gasteiger partial charge in [-0.05, 0) is 109 Å². The highest BCUT2D eigenvalue weighted by Gasteiger charge is 2.30. The zero-order chi connectivity index (χ0) is 26.1. The van der Waals surface area contributed by atoms with Gasteiger partial charge in [0.25, 0.3) is 0 Å². The highest BCUT2D eigenvalue weighted by atomic mass is 19.1. The molecule has 1 radical (unpaired) electrons. The molecular weight excluding hydrogens is 460 g/mol. The second-order valence-electron chi connectivity index (χ2n) is 11.6. The molecule has 5 rings (SSSR count). The molecule has 0 amide bonds. The average molecular weight is 503 g/mol. The van der Waals surface area contributed by atoms with Crippen molar-refractivity contribution in [3.8, 4) is 16.9 Å². The molecule has 37 heavy (non-hydrogen) atoms. The van der Waals surface area contributed by atoms with Crippen LogP contribution in [0.3, 0.4) is 0 Å². The van der Waals surface area contributed by atoms with Gasteiger partial charge in [0.1, 0.15) is 0 Å². The molecule has 0 N–H and O–H groups in total. The van der Waals surface area contributed by atoms with Gasteiger partial charge in [-0.3, -0.25) is 4.90 Å². The smallest absolute Gasteiger partial charge is 0.202 e. The van der Waals surface area contributed by atoms with Gasteiger partial charge in [0, 0.05) is 31.6 Å². The van der Waals surface area contributed by atoms with Crippen LogP contribution < -0.4 is 4.74 Å². The van der Waals surface area contributed by atoms with Gasteiger partial charge in [0.05, 0.1) is 12.3 Å². The lowest BCUT2D eigenvalue weighted by molar-refractivity contribution is -0.111. The van der Waals surface area contributed by atoms with Crippen molar-refractivity contribution in [2.24, 2.45) is 5.92 Å². The fourth-order valence-corrected chi connectivity index (χ4v) is 7.19. The molecule has 1 saturated carbocycles. The number of fused-ring (bicyclic) bond motifs is 2. The van der Waals surface area contributed by atoms with Gasteiger partial charge in [-0.25, -0.2) is 4.39 Å². The van der Waals surface area contributed by atoms with Crippen LogP contribution in [0.4, 0.5) is 4.39 Å². The maximum absolute atomic E-state index is 15.4. The Bertz CT molecular complexity index is 1180. The molecule has 0 saturated heterocycles. The zero-order valence-electron chi connectivity index (χ0n) is 23.3. The molecule has 0 aromatic heterocycles. The van der Waals surface area contributed by atoms with Crippen molar-refractivity contribution in [2.45, 2.75) is 98.3 Å². The van der Waals surface area contributed by atoms with Gasteiger partial charge in [0.2, 0.25) is 7.28 Å². The molecule has 0 atom stereocenters. The lowest BCUT2D eigenvalue weighted by atomic mass is 9.67. The number of carbonyl (C=O) groups is 1. The Morgan fingerprint density at radius 2 is 1.81 bits per heavy atom. The monoisotopic (exact) mass is 502 g/mol. The molecule has 0 bridgehead atoms. The van der Waals surface area contributed by atoms with E-state index in [2.05, 4.69) is 25.7 Å². The SMILES string of the molecule is CC[B]C(=O)Cc1c(C)c2c(c(C)c1-c1cc(F)c3c(c1C)CCCO3)CN(CC1CCCCC1)CC2. The van der Waals surface area contributed by atoms with E-state index in [0.717, 1.165) is 72.4 Å². The van der Waals surface area contributed by atoms with Crippen molar-refractivity contribution in [1.29, 1.82) is 0 Å². The molecule has 2 aromatic carbocycles. The first-order valence-corrected chi connectivity index (χ1v) is 14.6. The molecule has 3 nitrogen and oxygen atoms in total. The van der Waals surface area contributed by atoms with Crippen LogP contribution >= 0.6 is 0 Å². The minimum Gasteiger partial charge on any atom is -0.490 e. The van der Waals surface area contributed by atoms with Crippen LogP contribution in [-0.4, -0.2) is 37.6 Å². The number of hydrogen-bond acceptors (Lipinski definition) is 3. The van der Waals surface area contributed by atoms with E-state index in [0.29, 0.717) is 18.8 Å². The maximum Gasteiger partial charge on any atom is 0.202 e. The van der Waals surface area contributed by atoms with Gasteiger partial charge < -0.3 is 9.53 Å². The van der Waals surface area contributed by atoms with Crippen LogP contribution in [0, 0.1) is 32.5 Å². The van der Waals surface area contributed by atoms with Crippen LogP contribution in [-0.2, 0) is 30.6 Å². The third-order valence-corrected chi connectivity index (χ3v) is 9.19. The highest BCUT2D eigenvalue weighted by Crippen LogP contribution is 2.43. The van der Waals surface area contributed by atoms with Crippen molar-refractivity contribution in [2.75, 3.05) is 19.7 Å². The van der Waals surface area contributed by atoms with Gasteiger partial charge in [-0.1, -0.05) is 32.5 Å². The average Bonchev–Trinajstić information content (AvgIpc) is 2.90. The topological polar surface area (TPSA) is 29.5 Å². The summed E-state index contributed by atoms with van der Waals surface area (Å²) in [5.74, 6) is 0.964. The van der Waals surface area contributed by atoms with E-state index in [1.165, 1.54) is 60.9 Å². The predicted molar refractivity (Wildman–Crippen MR) is 150 cm³/mol. The van der Waals surface area contributed by atoms with Gasteiger partial charge in [-0.15, -0.1) is 0 Å². The number of benzene rings is 2. The van der Waals surface area contributed by atoms with Crippen LogP contribution in [0.25, 0.3) is 11.1 Å². The fraction of sp³-hybridized carbons (Fsp3) is 0.594. The van der Waals surface area contributed by atoms with E-state index >= 15 is 4.39 Å². The molecular formula is C32H42BFNO2. The van der Waals surface area contributed by atoms with E-state index in [-0.39, 0.29) is 11.5 Å². The van der Waals surface area contributed by atoms with Crippen LogP contribution in [0.1, 0.15) is 84.4 Å². The lowest BCUT2D eigenvalue weighted by Gasteiger charge is -2.36. The second kappa shape index (κ2) is 11.3. The maximum atomic E-state index is 15.4. The largest absolute Gasteiger partial charge is 0.490 e. The summed E-state index contributed by atoms with van der Waals surface area (Å²) in [5, 5.41) is 0. The quantitative estimate of drug-likeness (QED) is 0.386. The molecule has 0 unspecified atom stereocenters. The Kier molecular flexibility index (Phi) is 8.09. The summed E-state index contributed by atoms with van der Waals surface area (Å²) in [7, 11) is 1.79. The highest BCUT2D eigenvalue weighted by molar-refractivity contribution is 6.74. The zero-order valence-corrected chi connectivity index (χ0v) is 23.3. The summed E-state index contributed by atoms with van der Waals surface area (Å²) in [6.07, 6.45) is 10.7. The van der Waals surface area contributed by atoms with Gasteiger partial charge in [-0.2, -0.15) is 0 Å². The summed E-state index contributed by atoms with van der Waals surface area (Å²) in [5.41, 5.74) is 10.6. The van der Waals surface area contributed by atoms with Gasteiger partial charge >= 0.3 is 0 Å². The van der Waals surface area contributed by atoms with Crippen LogP contribution in [0.5, 0.6) is 5.75 Å². The Morgan fingerprint density at radius 3 is 2.57 bits per heavy atom. The summed E-state index contributed by atoms with van der Waals surface area (Å²) in [6.45, 7) is 12.3. The normalized spacial score (nSPS) is 18.2. The molecule has 0 spiro atoms. The van der Waals surface area contributed by atoms with Gasteiger partial charge in [0.15, 0.2) is 11.6 Å². The molecule has 1 fully saturated rings. The van der Waals surface area contributed by atoms with Crippen molar-refractivity contribution in [3.63, 3.8) is 0 Å². The first-order chi connectivity index (χ1) is 17.9. The van der Waals surface area contributed by atoms with Crippen molar-refractivity contribution in [1.82, 2.24) is 4.90 Å². The Morgan fingerprint density at radius 1 is 1.03 bits per heavy atom. The Balaban J connectivity index is 1.61. The lowest BCUT2D eigenvalue weighted by Crippen LogP contribution is -2.36. The first kappa shape index (κ1) is 26.5. The molecule has 197 valence electrons. The van der Waals surface area contributed by atoms with E-state index < -0.39 is 0 Å². The van der Waals surface area contributed by atoms with Crippen LogP contribution in [0.2, 0.25) is 6.32 Å². The third-order valence-electron chi connectivity index (χ3n) is 9.19. The fourth-order valence-electron chi connectivity index (χ4n) is 7.19. The van der Waals surface area contributed by atoms with E-state index in [1.807, 2.05) is 6.92 Å². The second-order valence-corrected chi connectivity index (χ2v) is 11.6.